The van der Waals surface area contributed by atoms with Crippen molar-refractivity contribution in [2.24, 2.45) is 0 Å². The van der Waals surface area contributed by atoms with Crippen LogP contribution < -0.4 is 10.0 Å². The van der Waals surface area contributed by atoms with E-state index in [9.17, 15) is 13.2 Å². The van der Waals surface area contributed by atoms with Crippen molar-refractivity contribution in [3.63, 3.8) is 0 Å². The zero-order valence-electron chi connectivity index (χ0n) is 11.1. The lowest BCUT2D eigenvalue weighted by molar-refractivity contribution is 0.158. The van der Waals surface area contributed by atoms with Crippen LogP contribution in [0, 0.1) is 0 Å². The Bertz CT molecular complexity index is 416. The standard InChI is InChI=1S/C11H21N3O4S/c1-2-18-11(15)13-19(16,17)14(10-5-6-10)8-9-4-3-7-12-9/h9-10,12H,2-8H2,1H3,(H,13,15). The molecule has 0 spiro atoms. The number of nitrogens with one attached hydrogen (secondary N) is 2. The highest BCUT2D eigenvalue weighted by atomic mass is 32.2. The van der Waals surface area contributed by atoms with Crippen molar-refractivity contribution < 1.29 is 17.9 Å². The third-order valence-corrected chi connectivity index (χ3v) is 4.80. The Morgan fingerprint density at radius 2 is 2.16 bits per heavy atom. The number of amides is 1. The maximum Gasteiger partial charge on any atom is 0.421 e. The molecule has 2 fully saturated rings. The van der Waals surface area contributed by atoms with Crippen LogP contribution >= 0.6 is 0 Å². The fraction of sp³-hybridized carbons (Fsp3) is 0.909. The van der Waals surface area contributed by atoms with Crippen LogP contribution in [-0.4, -0.2) is 50.6 Å². The number of carbonyl (C=O) groups is 1. The van der Waals surface area contributed by atoms with Gasteiger partial charge in [0, 0.05) is 18.6 Å². The number of hydrogen-bond acceptors (Lipinski definition) is 5. The smallest absolute Gasteiger partial charge is 0.421 e. The van der Waals surface area contributed by atoms with E-state index < -0.39 is 16.3 Å². The lowest BCUT2D eigenvalue weighted by Crippen LogP contribution is -2.49. The van der Waals surface area contributed by atoms with Crippen molar-refractivity contribution in [1.29, 1.82) is 0 Å². The third kappa shape index (κ3) is 4.05. The minimum atomic E-state index is -3.80. The van der Waals surface area contributed by atoms with E-state index in [-0.39, 0.29) is 18.7 Å². The molecular weight excluding hydrogens is 270 g/mol. The molecule has 2 rings (SSSR count). The van der Waals surface area contributed by atoms with Crippen LogP contribution in [0.2, 0.25) is 0 Å². The van der Waals surface area contributed by atoms with Gasteiger partial charge in [0.25, 0.3) is 0 Å². The van der Waals surface area contributed by atoms with Crippen molar-refractivity contribution in [3.8, 4) is 0 Å². The van der Waals surface area contributed by atoms with E-state index in [2.05, 4.69) is 10.1 Å². The van der Waals surface area contributed by atoms with Gasteiger partial charge in [0.1, 0.15) is 0 Å². The van der Waals surface area contributed by atoms with Crippen LogP contribution in [0.5, 0.6) is 0 Å². The molecule has 19 heavy (non-hydrogen) atoms. The largest absolute Gasteiger partial charge is 0.449 e. The molecule has 0 aromatic carbocycles. The molecule has 0 aromatic heterocycles. The summed E-state index contributed by atoms with van der Waals surface area (Å²) in [5, 5.41) is 3.27. The highest BCUT2D eigenvalue weighted by Gasteiger charge is 2.39. The van der Waals surface area contributed by atoms with Gasteiger partial charge in [-0.25, -0.2) is 9.52 Å². The Hall–Kier alpha value is -0.860. The monoisotopic (exact) mass is 291 g/mol. The predicted octanol–water partition coefficient (Wildman–Crippen LogP) is 0.194. The lowest BCUT2D eigenvalue weighted by Gasteiger charge is -2.24. The minimum Gasteiger partial charge on any atom is -0.449 e. The third-order valence-electron chi connectivity index (χ3n) is 3.31. The Balaban J connectivity index is 1.98. The first-order valence-electron chi connectivity index (χ1n) is 6.72. The summed E-state index contributed by atoms with van der Waals surface area (Å²) in [5.74, 6) is 0. The van der Waals surface area contributed by atoms with E-state index in [1.807, 2.05) is 4.72 Å². The summed E-state index contributed by atoms with van der Waals surface area (Å²) in [5.41, 5.74) is 0. The zero-order chi connectivity index (χ0) is 13.9. The van der Waals surface area contributed by atoms with Gasteiger partial charge in [0.05, 0.1) is 6.61 Å². The molecule has 110 valence electrons. The van der Waals surface area contributed by atoms with Crippen molar-refractivity contribution >= 4 is 16.3 Å². The summed E-state index contributed by atoms with van der Waals surface area (Å²) in [4.78, 5) is 11.3. The summed E-state index contributed by atoms with van der Waals surface area (Å²) < 4.78 is 32.3. The molecule has 0 aromatic rings. The number of ether oxygens (including phenoxy) is 1. The quantitative estimate of drug-likeness (QED) is 0.729. The lowest BCUT2D eigenvalue weighted by atomic mass is 10.2. The molecule has 1 atom stereocenters. The van der Waals surface area contributed by atoms with Gasteiger partial charge >= 0.3 is 16.3 Å². The second kappa shape index (κ2) is 6.06. The van der Waals surface area contributed by atoms with E-state index in [0.717, 1.165) is 32.2 Å². The summed E-state index contributed by atoms with van der Waals surface area (Å²) in [6.07, 6.45) is 2.84. The molecule has 7 nitrogen and oxygen atoms in total. The van der Waals surface area contributed by atoms with Gasteiger partial charge in [-0.15, -0.1) is 0 Å². The van der Waals surface area contributed by atoms with E-state index >= 15 is 0 Å². The highest BCUT2D eigenvalue weighted by molar-refractivity contribution is 7.87. The minimum absolute atomic E-state index is 0.0225. The van der Waals surface area contributed by atoms with Gasteiger partial charge < -0.3 is 10.1 Å². The molecule has 2 aliphatic rings. The van der Waals surface area contributed by atoms with Crippen LogP contribution in [0.1, 0.15) is 32.6 Å². The average molecular weight is 291 g/mol. The molecule has 1 unspecified atom stereocenters. The van der Waals surface area contributed by atoms with Gasteiger partial charge in [-0.1, -0.05) is 0 Å². The first-order chi connectivity index (χ1) is 9.03. The summed E-state index contributed by atoms with van der Waals surface area (Å²) in [6.45, 7) is 3.12. The SMILES string of the molecule is CCOC(=O)NS(=O)(=O)N(CC1CCCN1)C1CC1. The second-order valence-corrected chi connectivity index (χ2v) is 6.54. The van der Waals surface area contributed by atoms with Crippen LogP contribution in [-0.2, 0) is 14.9 Å². The molecular formula is C11H21N3O4S. The van der Waals surface area contributed by atoms with Gasteiger partial charge in [-0.05, 0) is 39.2 Å². The van der Waals surface area contributed by atoms with Crippen molar-refractivity contribution in [2.45, 2.75) is 44.7 Å². The van der Waals surface area contributed by atoms with Gasteiger partial charge in [-0.2, -0.15) is 12.7 Å². The number of carbonyl (C=O) groups excluding carboxylic acids is 1. The molecule has 0 radical (unpaired) electrons. The first kappa shape index (κ1) is 14.5. The predicted molar refractivity (Wildman–Crippen MR) is 69.8 cm³/mol. The van der Waals surface area contributed by atoms with E-state index in [0.29, 0.717) is 6.54 Å². The molecule has 1 aliphatic carbocycles. The molecule has 8 heteroatoms. The molecule has 0 bridgehead atoms. The Morgan fingerprint density at radius 1 is 1.42 bits per heavy atom. The molecule has 1 saturated heterocycles. The molecule has 2 N–H and O–H groups in total. The van der Waals surface area contributed by atoms with Crippen molar-refractivity contribution in [2.75, 3.05) is 19.7 Å². The molecule has 1 saturated carbocycles. The first-order valence-corrected chi connectivity index (χ1v) is 8.16. The second-order valence-electron chi connectivity index (χ2n) is 4.92. The maximum absolute atomic E-state index is 12.2. The average Bonchev–Trinajstić information content (AvgIpc) is 3.02. The number of rotatable bonds is 6. The normalized spacial score (nSPS) is 23.6. The molecule has 1 aliphatic heterocycles. The van der Waals surface area contributed by atoms with Crippen molar-refractivity contribution in [3.05, 3.63) is 0 Å². The summed E-state index contributed by atoms with van der Waals surface area (Å²) in [6, 6.07) is 0.202. The fourth-order valence-electron chi connectivity index (χ4n) is 2.26. The van der Waals surface area contributed by atoms with E-state index in [1.54, 1.807) is 6.92 Å². The Morgan fingerprint density at radius 3 is 2.68 bits per heavy atom. The van der Waals surface area contributed by atoms with Crippen LogP contribution in [0.3, 0.4) is 0 Å². The van der Waals surface area contributed by atoms with Gasteiger partial charge in [-0.3, -0.25) is 0 Å². The zero-order valence-corrected chi connectivity index (χ0v) is 11.9. The van der Waals surface area contributed by atoms with Gasteiger partial charge in [0.15, 0.2) is 0 Å². The fourth-order valence-corrected chi connectivity index (χ4v) is 3.63. The number of hydrogen-bond donors (Lipinski definition) is 2. The summed E-state index contributed by atoms with van der Waals surface area (Å²) in [7, 11) is -3.80. The van der Waals surface area contributed by atoms with Crippen LogP contribution in [0.25, 0.3) is 0 Å². The van der Waals surface area contributed by atoms with Crippen LogP contribution in [0.15, 0.2) is 0 Å². The highest BCUT2D eigenvalue weighted by Crippen LogP contribution is 2.29. The van der Waals surface area contributed by atoms with E-state index in [1.165, 1.54) is 4.31 Å². The van der Waals surface area contributed by atoms with Crippen molar-refractivity contribution in [1.82, 2.24) is 14.3 Å². The Kier molecular flexibility index (Phi) is 4.64. The summed E-state index contributed by atoms with van der Waals surface area (Å²) >= 11 is 0. The van der Waals surface area contributed by atoms with E-state index in [4.69, 9.17) is 0 Å². The van der Waals surface area contributed by atoms with Gasteiger partial charge in [0.2, 0.25) is 0 Å². The van der Waals surface area contributed by atoms with Crippen LogP contribution in [0.4, 0.5) is 4.79 Å². The number of nitrogens with zero attached hydrogens (tertiary/aromatic N) is 1. The topological polar surface area (TPSA) is 87.7 Å². The maximum atomic E-state index is 12.2. The Labute approximate surface area is 113 Å². The molecule has 1 amide bonds. The molecule has 1 heterocycles.